The molecule has 0 aliphatic carbocycles. The summed E-state index contributed by atoms with van der Waals surface area (Å²) >= 11 is 1.44. The van der Waals surface area contributed by atoms with E-state index in [2.05, 4.69) is 15.4 Å². The van der Waals surface area contributed by atoms with Gasteiger partial charge in [0, 0.05) is 17.5 Å². The molecule has 0 fully saturated rings. The van der Waals surface area contributed by atoms with E-state index >= 15 is 0 Å². The summed E-state index contributed by atoms with van der Waals surface area (Å²) in [7, 11) is 0. The van der Waals surface area contributed by atoms with Gasteiger partial charge in [0.2, 0.25) is 11.1 Å². The number of nitro benzene ring substituents is 1. The number of allylic oxidation sites excluding steroid dienone is 1. The lowest BCUT2D eigenvalue weighted by Crippen LogP contribution is -2.30. The Morgan fingerprint density at radius 2 is 1.94 bits per heavy atom. The van der Waals surface area contributed by atoms with Crippen LogP contribution in [0.3, 0.4) is 0 Å². The summed E-state index contributed by atoms with van der Waals surface area (Å²) in [6.07, 6.45) is 0. The van der Waals surface area contributed by atoms with Gasteiger partial charge in [0.25, 0.3) is 5.69 Å². The molecular formula is C22H21N5O4S. The first-order chi connectivity index (χ1) is 15.5. The smallest absolute Gasteiger partial charge is 0.338 e. The number of fused-ring (bicyclic) bond motifs is 1. The molecule has 10 heteroatoms. The Bertz CT molecular complexity index is 1190. The van der Waals surface area contributed by atoms with E-state index in [4.69, 9.17) is 4.74 Å². The van der Waals surface area contributed by atoms with Crippen LogP contribution in [0.2, 0.25) is 0 Å². The molecule has 9 nitrogen and oxygen atoms in total. The summed E-state index contributed by atoms with van der Waals surface area (Å²) in [5.41, 5.74) is 2.14. The number of nitrogens with one attached hydrogen (secondary N) is 1. The monoisotopic (exact) mass is 451 g/mol. The predicted octanol–water partition coefficient (Wildman–Crippen LogP) is 4.33. The van der Waals surface area contributed by atoms with Crippen molar-refractivity contribution in [2.24, 2.45) is 0 Å². The molecule has 0 radical (unpaired) electrons. The van der Waals surface area contributed by atoms with Crippen LogP contribution in [-0.4, -0.2) is 32.3 Å². The number of rotatable bonds is 7. The largest absolute Gasteiger partial charge is 0.463 e. The number of benzene rings is 2. The van der Waals surface area contributed by atoms with Gasteiger partial charge in [0.15, 0.2) is 0 Å². The second kappa shape index (κ2) is 9.23. The molecule has 0 spiro atoms. The molecule has 3 aromatic rings. The number of esters is 1. The predicted molar refractivity (Wildman–Crippen MR) is 120 cm³/mol. The maximum absolute atomic E-state index is 12.8. The minimum atomic E-state index is -0.842. The van der Waals surface area contributed by atoms with Gasteiger partial charge in [-0.2, -0.15) is 4.98 Å². The van der Waals surface area contributed by atoms with Crippen molar-refractivity contribution in [2.75, 3.05) is 11.9 Å². The third-order valence-corrected chi connectivity index (χ3v) is 5.88. The average molecular weight is 452 g/mol. The van der Waals surface area contributed by atoms with E-state index in [1.807, 2.05) is 30.3 Å². The lowest BCUT2D eigenvalue weighted by molar-refractivity contribution is -0.385. The third-order valence-electron chi connectivity index (χ3n) is 4.97. The van der Waals surface area contributed by atoms with Crippen molar-refractivity contribution >= 4 is 29.4 Å². The number of carbonyl (C=O) groups is 1. The minimum Gasteiger partial charge on any atom is -0.463 e. The van der Waals surface area contributed by atoms with Crippen LogP contribution in [0.25, 0.3) is 0 Å². The van der Waals surface area contributed by atoms with E-state index in [1.165, 1.54) is 22.5 Å². The standard InChI is InChI=1S/C22H21N5O4S/c1-3-31-20(28)18-14(2)23-21-24-22(32-13-15-9-5-4-6-10-15)25-26(21)19(18)16-11-7-8-12-17(16)27(29)30/h4-12,19H,3,13H2,1-2H3,(H,23,24,25). The maximum atomic E-state index is 12.8. The summed E-state index contributed by atoms with van der Waals surface area (Å²) in [6, 6.07) is 15.4. The fourth-order valence-corrected chi connectivity index (χ4v) is 4.35. The molecule has 1 aliphatic heterocycles. The van der Waals surface area contributed by atoms with Crippen LogP contribution >= 0.6 is 11.8 Å². The van der Waals surface area contributed by atoms with Crippen molar-refractivity contribution in [1.82, 2.24) is 14.8 Å². The number of hydrogen-bond acceptors (Lipinski definition) is 8. The van der Waals surface area contributed by atoms with Gasteiger partial charge in [-0.15, -0.1) is 5.10 Å². The molecule has 0 saturated carbocycles. The zero-order chi connectivity index (χ0) is 22.7. The molecule has 1 aromatic heterocycles. The molecule has 1 atom stereocenters. The first-order valence-electron chi connectivity index (χ1n) is 10.0. The summed E-state index contributed by atoms with van der Waals surface area (Å²) in [4.78, 5) is 28.7. The topological polar surface area (TPSA) is 112 Å². The Labute approximate surface area is 188 Å². The molecule has 0 bridgehead atoms. The van der Waals surface area contributed by atoms with E-state index in [1.54, 1.807) is 32.0 Å². The Balaban J connectivity index is 1.77. The quantitative estimate of drug-likeness (QED) is 0.244. The molecule has 0 amide bonds. The lowest BCUT2D eigenvalue weighted by atomic mass is 9.94. The Hall–Kier alpha value is -3.66. The van der Waals surface area contributed by atoms with Crippen molar-refractivity contribution in [3.63, 3.8) is 0 Å². The van der Waals surface area contributed by atoms with Crippen molar-refractivity contribution in [2.45, 2.75) is 30.8 Å². The highest BCUT2D eigenvalue weighted by Crippen LogP contribution is 2.40. The van der Waals surface area contributed by atoms with Gasteiger partial charge >= 0.3 is 5.97 Å². The normalized spacial score (nSPS) is 15.1. The molecule has 4 rings (SSSR count). The SMILES string of the molecule is CCOC(=O)C1=C(C)Nc2nc(SCc3ccccc3)nn2C1c1ccccc1[N+](=O)[O-]. The van der Waals surface area contributed by atoms with E-state index in [9.17, 15) is 14.9 Å². The van der Waals surface area contributed by atoms with Crippen molar-refractivity contribution in [1.29, 1.82) is 0 Å². The number of para-hydroxylation sites is 1. The molecule has 2 heterocycles. The van der Waals surface area contributed by atoms with Gasteiger partial charge in [0.05, 0.1) is 22.7 Å². The molecule has 1 aliphatic rings. The average Bonchev–Trinajstić information content (AvgIpc) is 3.20. The Morgan fingerprint density at radius 1 is 1.22 bits per heavy atom. The fourth-order valence-electron chi connectivity index (χ4n) is 3.56. The van der Waals surface area contributed by atoms with Gasteiger partial charge in [-0.05, 0) is 25.5 Å². The van der Waals surface area contributed by atoms with Crippen LogP contribution in [0.4, 0.5) is 11.6 Å². The molecule has 1 unspecified atom stereocenters. The van der Waals surface area contributed by atoms with Crippen molar-refractivity contribution < 1.29 is 14.5 Å². The van der Waals surface area contributed by atoms with Gasteiger partial charge in [-0.3, -0.25) is 10.1 Å². The zero-order valence-corrected chi connectivity index (χ0v) is 18.3. The van der Waals surface area contributed by atoms with E-state index < -0.39 is 16.9 Å². The lowest BCUT2D eigenvalue weighted by Gasteiger charge is -2.27. The van der Waals surface area contributed by atoms with E-state index in [-0.39, 0.29) is 17.9 Å². The molecule has 1 N–H and O–H groups in total. The summed E-state index contributed by atoms with van der Waals surface area (Å²) < 4.78 is 6.78. The van der Waals surface area contributed by atoms with Crippen LogP contribution in [-0.2, 0) is 15.3 Å². The molecule has 32 heavy (non-hydrogen) atoms. The van der Waals surface area contributed by atoms with Crippen LogP contribution in [0, 0.1) is 10.1 Å². The summed E-state index contributed by atoms with van der Waals surface area (Å²) in [5, 5.41) is 19.9. The second-order valence-electron chi connectivity index (χ2n) is 7.04. The van der Waals surface area contributed by atoms with Crippen LogP contribution in [0.1, 0.15) is 31.0 Å². The highest BCUT2D eigenvalue weighted by molar-refractivity contribution is 7.98. The first-order valence-corrected chi connectivity index (χ1v) is 11.0. The number of anilines is 1. The van der Waals surface area contributed by atoms with Gasteiger partial charge in [-0.25, -0.2) is 9.48 Å². The van der Waals surface area contributed by atoms with Crippen molar-refractivity contribution in [3.05, 3.63) is 87.1 Å². The molecule has 2 aromatic carbocycles. The van der Waals surface area contributed by atoms with Crippen LogP contribution < -0.4 is 5.32 Å². The van der Waals surface area contributed by atoms with Crippen molar-refractivity contribution in [3.8, 4) is 0 Å². The molecule has 0 saturated heterocycles. The number of aromatic nitrogens is 3. The Morgan fingerprint density at radius 3 is 2.66 bits per heavy atom. The van der Waals surface area contributed by atoms with E-state index in [0.717, 1.165) is 5.56 Å². The number of nitrogens with zero attached hydrogens (tertiary/aromatic N) is 4. The van der Waals surface area contributed by atoms with Gasteiger partial charge in [-0.1, -0.05) is 54.2 Å². The van der Waals surface area contributed by atoms with Gasteiger partial charge < -0.3 is 10.1 Å². The number of nitro groups is 1. The zero-order valence-electron chi connectivity index (χ0n) is 17.5. The van der Waals surface area contributed by atoms with E-state index in [0.29, 0.717) is 28.1 Å². The number of hydrogen-bond donors (Lipinski definition) is 1. The summed E-state index contributed by atoms with van der Waals surface area (Å²) in [5.74, 6) is 0.520. The number of carbonyl (C=O) groups excluding carboxylic acids is 1. The highest BCUT2D eigenvalue weighted by atomic mass is 32.2. The Kier molecular flexibility index (Phi) is 6.22. The number of ether oxygens (including phenoxy) is 1. The maximum Gasteiger partial charge on any atom is 0.338 e. The van der Waals surface area contributed by atoms with Crippen LogP contribution in [0.5, 0.6) is 0 Å². The van der Waals surface area contributed by atoms with Crippen LogP contribution in [0.15, 0.2) is 71.0 Å². The minimum absolute atomic E-state index is 0.103. The van der Waals surface area contributed by atoms with Gasteiger partial charge in [0.1, 0.15) is 6.04 Å². The highest BCUT2D eigenvalue weighted by Gasteiger charge is 2.38. The second-order valence-corrected chi connectivity index (χ2v) is 7.98. The number of thioether (sulfide) groups is 1. The fraction of sp³-hybridized carbons (Fsp3) is 0.227. The first kappa shape index (κ1) is 21.6. The molecule has 164 valence electrons. The molecular weight excluding hydrogens is 430 g/mol. The summed E-state index contributed by atoms with van der Waals surface area (Å²) in [6.45, 7) is 3.62. The third kappa shape index (κ3) is 4.22.